The van der Waals surface area contributed by atoms with Crippen LogP contribution in [0.25, 0.3) is 6.08 Å². The van der Waals surface area contributed by atoms with Crippen LogP contribution in [0.4, 0.5) is 0 Å². The number of nitrogens with zero attached hydrogens (tertiary/aromatic N) is 3. The van der Waals surface area contributed by atoms with Crippen LogP contribution in [0.3, 0.4) is 0 Å². The number of rotatable bonds is 4. The first-order valence-corrected chi connectivity index (χ1v) is 9.44. The summed E-state index contributed by atoms with van der Waals surface area (Å²) in [7, 11) is -3.51. The molecule has 3 rings (SSSR count). The highest BCUT2D eigenvalue weighted by atomic mass is 32.2. The highest BCUT2D eigenvalue weighted by Crippen LogP contribution is 2.20. The van der Waals surface area contributed by atoms with Gasteiger partial charge in [-0.3, -0.25) is 4.68 Å². The van der Waals surface area contributed by atoms with E-state index in [-0.39, 0.29) is 6.54 Å². The highest BCUT2D eigenvalue weighted by Gasteiger charge is 2.25. The van der Waals surface area contributed by atoms with Crippen molar-refractivity contribution in [2.45, 2.75) is 32.5 Å². The van der Waals surface area contributed by atoms with E-state index in [2.05, 4.69) is 5.10 Å². The standard InChI is InChI=1S/C17H21N3O3S/c1-14(21)17-12-16-13-19(9-5-10-20(16)18-17)24(22,23)11-8-15-6-3-2-4-7-15/h2-4,6-8,11-12,14,21H,5,9-10,13H2,1H3/b11-8+/t14-/m1/s1. The number of hydrogen-bond acceptors (Lipinski definition) is 4. The Hall–Kier alpha value is -1.96. The van der Waals surface area contributed by atoms with E-state index in [4.69, 9.17) is 0 Å². The second kappa shape index (κ2) is 6.88. The van der Waals surface area contributed by atoms with Gasteiger partial charge in [0.05, 0.1) is 24.0 Å². The Bertz CT molecular complexity index is 826. The van der Waals surface area contributed by atoms with Crippen LogP contribution < -0.4 is 0 Å². The Balaban J connectivity index is 1.81. The van der Waals surface area contributed by atoms with Gasteiger partial charge in [-0.05, 0) is 31.1 Å². The first kappa shape index (κ1) is 16.9. The van der Waals surface area contributed by atoms with Crippen molar-refractivity contribution in [2.75, 3.05) is 6.54 Å². The molecule has 1 N–H and O–H groups in total. The molecule has 0 aliphatic carbocycles. The van der Waals surface area contributed by atoms with Gasteiger partial charge in [0.15, 0.2) is 0 Å². The average molecular weight is 347 g/mol. The molecule has 2 aromatic rings. The van der Waals surface area contributed by atoms with Crippen molar-refractivity contribution in [1.29, 1.82) is 0 Å². The molecule has 1 atom stereocenters. The van der Waals surface area contributed by atoms with Crippen LogP contribution in [0, 0.1) is 0 Å². The molecular formula is C17H21N3O3S. The fraction of sp³-hybridized carbons (Fsp3) is 0.353. The molecule has 1 aliphatic rings. The van der Waals surface area contributed by atoms with E-state index in [1.54, 1.807) is 23.7 Å². The summed E-state index contributed by atoms with van der Waals surface area (Å²) in [6, 6.07) is 11.1. The Morgan fingerprint density at radius 2 is 2.00 bits per heavy atom. The van der Waals surface area contributed by atoms with Gasteiger partial charge in [0.2, 0.25) is 10.0 Å². The maximum Gasteiger partial charge on any atom is 0.236 e. The zero-order valence-corrected chi connectivity index (χ0v) is 14.4. The molecular weight excluding hydrogens is 326 g/mol. The molecule has 0 radical (unpaired) electrons. The lowest BCUT2D eigenvalue weighted by molar-refractivity contribution is 0.193. The van der Waals surface area contributed by atoms with Gasteiger partial charge >= 0.3 is 0 Å². The number of benzene rings is 1. The Morgan fingerprint density at radius 3 is 2.71 bits per heavy atom. The fourth-order valence-electron chi connectivity index (χ4n) is 2.69. The molecule has 0 saturated heterocycles. The molecule has 0 unspecified atom stereocenters. The average Bonchev–Trinajstić information content (AvgIpc) is 2.86. The minimum Gasteiger partial charge on any atom is -0.387 e. The molecule has 0 amide bonds. The molecule has 2 heterocycles. The molecule has 0 saturated carbocycles. The van der Waals surface area contributed by atoms with Gasteiger partial charge in [-0.1, -0.05) is 30.3 Å². The third-order valence-electron chi connectivity index (χ3n) is 4.02. The second-order valence-corrected chi connectivity index (χ2v) is 7.72. The SMILES string of the molecule is C[C@@H](O)c1cc2n(n1)CCCN(S(=O)(=O)/C=C/c1ccccc1)C2. The quantitative estimate of drug-likeness (QED) is 0.919. The van der Waals surface area contributed by atoms with E-state index in [1.165, 1.54) is 9.71 Å². The molecule has 1 aliphatic heterocycles. The van der Waals surface area contributed by atoms with Gasteiger partial charge in [0.25, 0.3) is 0 Å². The number of aliphatic hydroxyl groups excluding tert-OH is 1. The summed E-state index contributed by atoms with van der Waals surface area (Å²) in [6.07, 6.45) is 1.64. The van der Waals surface area contributed by atoms with E-state index in [0.717, 1.165) is 11.3 Å². The summed E-state index contributed by atoms with van der Waals surface area (Å²) in [6.45, 7) is 3.02. The Kier molecular flexibility index (Phi) is 4.84. The van der Waals surface area contributed by atoms with Crippen LogP contribution in [0.5, 0.6) is 0 Å². The summed E-state index contributed by atoms with van der Waals surface area (Å²) >= 11 is 0. The van der Waals surface area contributed by atoms with Gasteiger partial charge in [-0.25, -0.2) is 8.42 Å². The largest absolute Gasteiger partial charge is 0.387 e. The predicted molar refractivity (Wildman–Crippen MR) is 92.3 cm³/mol. The summed E-state index contributed by atoms with van der Waals surface area (Å²) < 4.78 is 28.5. The summed E-state index contributed by atoms with van der Waals surface area (Å²) in [5.41, 5.74) is 2.22. The van der Waals surface area contributed by atoms with Gasteiger partial charge in [-0.2, -0.15) is 9.40 Å². The van der Waals surface area contributed by atoms with Crippen molar-refractivity contribution in [3.05, 3.63) is 58.8 Å². The molecule has 7 heteroatoms. The van der Waals surface area contributed by atoms with Gasteiger partial charge in [0, 0.05) is 18.5 Å². The molecule has 24 heavy (non-hydrogen) atoms. The van der Waals surface area contributed by atoms with Crippen LogP contribution in [0.1, 0.15) is 36.4 Å². The second-order valence-electron chi connectivity index (χ2n) is 5.91. The third-order valence-corrected chi connectivity index (χ3v) is 5.53. The summed E-state index contributed by atoms with van der Waals surface area (Å²) in [5, 5.41) is 15.3. The summed E-state index contributed by atoms with van der Waals surface area (Å²) in [5.74, 6) is 0. The maximum absolute atomic E-state index is 12.6. The van der Waals surface area contributed by atoms with Crippen molar-refractivity contribution >= 4 is 16.1 Å². The predicted octanol–water partition coefficient (Wildman–Crippen LogP) is 2.14. The molecule has 6 nitrogen and oxygen atoms in total. The van der Waals surface area contributed by atoms with Gasteiger partial charge < -0.3 is 5.11 Å². The molecule has 1 aromatic heterocycles. The Labute approximate surface area is 142 Å². The maximum atomic E-state index is 12.6. The number of sulfonamides is 1. The number of aryl methyl sites for hydroxylation is 1. The van der Waals surface area contributed by atoms with Crippen molar-refractivity contribution in [3.63, 3.8) is 0 Å². The lowest BCUT2D eigenvalue weighted by atomic mass is 10.2. The third kappa shape index (κ3) is 3.75. The van der Waals surface area contributed by atoms with Crippen LogP contribution in [0.2, 0.25) is 0 Å². The zero-order chi connectivity index (χ0) is 17.2. The minimum atomic E-state index is -3.51. The first-order chi connectivity index (χ1) is 11.5. The number of hydrogen-bond donors (Lipinski definition) is 1. The Morgan fingerprint density at radius 1 is 1.25 bits per heavy atom. The number of aliphatic hydroxyl groups is 1. The molecule has 1 aromatic carbocycles. The van der Waals surface area contributed by atoms with E-state index in [0.29, 0.717) is 25.2 Å². The fourth-order valence-corrected chi connectivity index (χ4v) is 3.89. The summed E-state index contributed by atoms with van der Waals surface area (Å²) in [4.78, 5) is 0. The van der Waals surface area contributed by atoms with E-state index in [1.807, 2.05) is 30.3 Å². The minimum absolute atomic E-state index is 0.265. The lowest BCUT2D eigenvalue weighted by Gasteiger charge is -2.17. The molecule has 128 valence electrons. The van der Waals surface area contributed by atoms with Crippen LogP contribution >= 0.6 is 0 Å². The molecule has 0 bridgehead atoms. The highest BCUT2D eigenvalue weighted by molar-refractivity contribution is 7.92. The lowest BCUT2D eigenvalue weighted by Crippen LogP contribution is -2.29. The van der Waals surface area contributed by atoms with E-state index < -0.39 is 16.1 Å². The first-order valence-electron chi connectivity index (χ1n) is 7.94. The topological polar surface area (TPSA) is 75.4 Å². The smallest absolute Gasteiger partial charge is 0.236 e. The molecule has 0 spiro atoms. The number of aromatic nitrogens is 2. The monoisotopic (exact) mass is 347 g/mol. The van der Waals surface area contributed by atoms with Gasteiger partial charge in [-0.15, -0.1) is 0 Å². The van der Waals surface area contributed by atoms with Crippen LogP contribution in [-0.2, 0) is 23.1 Å². The normalized spacial score (nSPS) is 17.6. The van der Waals surface area contributed by atoms with Crippen LogP contribution in [-0.4, -0.2) is 34.2 Å². The van der Waals surface area contributed by atoms with Crippen molar-refractivity contribution in [1.82, 2.24) is 14.1 Å². The van der Waals surface area contributed by atoms with E-state index in [9.17, 15) is 13.5 Å². The molecule has 0 fully saturated rings. The zero-order valence-electron chi connectivity index (χ0n) is 13.5. The van der Waals surface area contributed by atoms with Crippen molar-refractivity contribution < 1.29 is 13.5 Å². The van der Waals surface area contributed by atoms with Crippen LogP contribution in [0.15, 0.2) is 41.8 Å². The van der Waals surface area contributed by atoms with Crippen molar-refractivity contribution in [3.8, 4) is 0 Å². The van der Waals surface area contributed by atoms with E-state index >= 15 is 0 Å². The number of fused-ring (bicyclic) bond motifs is 1. The van der Waals surface area contributed by atoms with Crippen molar-refractivity contribution in [2.24, 2.45) is 0 Å². The van der Waals surface area contributed by atoms with Gasteiger partial charge in [0.1, 0.15) is 0 Å².